The van der Waals surface area contributed by atoms with E-state index in [1.807, 2.05) is 19.1 Å². The van der Waals surface area contributed by atoms with Gasteiger partial charge in [0.1, 0.15) is 5.82 Å². The number of H-pyrrole nitrogens is 2. The highest BCUT2D eigenvalue weighted by molar-refractivity contribution is 7.99. The van der Waals surface area contributed by atoms with Crippen molar-refractivity contribution >= 4 is 22.7 Å². The molecule has 8 heteroatoms. The van der Waals surface area contributed by atoms with E-state index < -0.39 is 0 Å². The number of rotatable bonds is 9. The number of nitrogens with zero attached hydrogens (tertiary/aromatic N) is 2. The van der Waals surface area contributed by atoms with Crippen molar-refractivity contribution in [2.75, 3.05) is 27.1 Å². The monoisotopic (exact) mass is 376 g/mol. The Morgan fingerprint density at radius 3 is 2.50 bits per heavy atom. The van der Waals surface area contributed by atoms with E-state index in [4.69, 9.17) is 14.2 Å². The summed E-state index contributed by atoms with van der Waals surface area (Å²) in [7, 11) is 4.97. The number of aromatic amines is 2. The van der Waals surface area contributed by atoms with Gasteiger partial charge in [-0.25, -0.2) is 4.98 Å². The fraction of sp³-hybridized carbons (Fsp3) is 0.444. The molecule has 0 fully saturated rings. The number of ether oxygens (including phenoxy) is 3. The summed E-state index contributed by atoms with van der Waals surface area (Å²) in [6.45, 7) is 1.91. The lowest BCUT2D eigenvalue weighted by Crippen LogP contribution is -1.93. The fourth-order valence-corrected chi connectivity index (χ4v) is 3.82. The Balaban J connectivity index is 1.67. The van der Waals surface area contributed by atoms with Crippen molar-refractivity contribution in [1.29, 1.82) is 0 Å². The molecule has 26 heavy (non-hydrogen) atoms. The number of nitrogens with one attached hydrogen (secondary N) is 2. The molecule has 2 aromatic heterocycles. The van der Waals surface area contributed by atoms with Crippen LogP contribution in [0.5, 0.6) is 17.2 Å². The number of hydrogen-bond acceptors (Lipinski definition) is 6. The van der Waals surface area contributed by atoms with Crippen molar-refractivity contribution < 1.29 is 14.2 Å². The van der Waals surface area contributed by atoms with Crippen LogP contribution in [-0.2, 0) is 6.42 Å². The van der Waals surface area contributed by atoms with Crippen molar-refractivity contribution in [3.8, 4) is 17.2 Å². The molecule has 0 bridgehead atoms. The van der Waals surface area contributed by atoms with Gasteiger partial charge in [0.25, 0.3) is 0 Å². The molecule has 2 N–H and O–H groups in total. The molecule has 3 aromatic rings. The number of aryl methyl sites for hydroxylation is 2. The summed E-state index contributed by atoms with van der Waals surface area (Å²) in [6, 6.07) is 3.89. The first-order valence-corrected chi connectivity index (χ1v) is 9.47. The quantitative estimate of drug-likeness (QED) is 0.437. The van der Waals surface area contributed by atoms with Gasteiger partial charge in [-0.2, -0.15) is 0 Å². The van der Waals surface area contributed by atoms with Crippen LogP contribution in [0, 0.1) is 6.92 Å². The third-order valence-corrected chi connectivity index (χ3v) is 5.10. The summed E-state index contributed by atoms with van der Waals surface area (Å²) >= 11 is 1.67. The summed E-state index contributed by atoms with van der Waals surface area (Å²) in [6.07, 6.45) is 3.01. The topological polar surface area (TPSA) is 85.1 Å². The first-order valence-electron chi connectivity index (χ1n) is 8.49. The zero-order valence-corrected chi connectivity index (χ0v) is 16.3. The molecule has 3 rings (SSSR count). The standard InChI is InChI=1S/C18H24N4O3S/c1-11-19-18(22-21-11)26-10-6-5-7-13-16(24-3)15-12(20-13)8-9-14(23-2)17(15)25-4/h8-9,20H,5-7,10H2,1-4H3,(H,19,21,22). The molecule has 0 aliphatic heterocycles. The highest BCUT2D eigenvalue weighted by atomic mass is 32.2. The smallest absolute Gasteiger partial charge is 0.208 e. The highest BCUT2D eigenvalue weighted by Gasteiger charge is 2.19. The van der Waals surface area contributed by atoms with Gasteiger partial charge in [0.15, 0.2) is 17.2 Å². The van der Waals surface area contributed by atoms with Gasteiger partial charge in [0.05, 0.1) is 37.9 Å². The van der Waals surface area contributed by atoms with E-state index in [2.05, 4.69) is 20.2 Å². The van der Waals surface area contributed by atoms with E-state index in [0.717, 1.165) is 58.3 Å². The van der Waals surface area contributed by atoms with Crippen LogP contribution in [0.15, 0.2) is 17.3 Å². The van der Waals surface area contributed by atoms with Crippen LogP contribution in [0.4, 0.5) is 0 Å². The van der Waals surface area contributed by atoms with Crippen molar-refractivity contribution in [1.82, 2.24) is 20.2 Å². The minimum atomic E-state index is 0.694. The van der Waals surface area contributed by atoms with Gasteiger partial charge in [-0.05, 0) is 38.3 Å². The molecular formula is C18H24N4O3S. The van der Waals surface area contributed by atoms with E-state index in [1.54, 1.807) is 33.1 Å². The summed E-state index contributed by atoms with van der Waals surface area (Å²) in [4.78, 5) is 7.76. The number of unbranched alkanes of at least 4 members (excludes halogenated alkanes) is 1. The molecule has 0 aliphatic rings. The molecule has 0 saturated carbocycles. The molecule has 140 valence electrons. The lowest BCUT2D eigenvalue weighted by molar-refractivity contribution is 0.356. The molecular weight excluding hydrogens is 352 g/mol. The first kappa shape index (κ1) is 18.4. The van der Waals surface area contributed by atoms with E-state index in [0.29, 0.717) is 11.5 Å². The SMILES string of the molecule is COc1ccc2[nH]c(CCCCSc3n[nH]c(C)n3)c(OC)c2c1OC. The maximum Gasteiger partial charge on any atom is 0.208 e. The molecule has 7 nitrogen and oxygen atoms in total. The second-order valence-corrected chi connectivity index (χ2v) is 6.93. The highest BCUT2D eigenvalue weighted by Crippen LogP contribution is 2.42. The van der Waals surface area contributed by atoms with Crippen molar-refractivity contribution in [3.05, 3.63) is 23.7 Å². The Hall–Kier alpha value is -2.35. The average molecular weight is 376 g/mol. The van der Waals surface area contributed by atoms with Gasteiger partial charge in [0.2, 0.25) is 5.16 Å². The molecule has 0 aliphatic carbocycles. The molecule has 0 atom stereocenters. The first-order chi connectivity index (χ1) is 12.7. The van der Waals surface area contributed by atoms with Gasteiger partial charge in [-0.1, -0.05) is 11.8 Å². The molecule has 0 saturated heterocycles. The Kier molecular flexibility index (Phi) is 5.92. The average Bonchev–Trinajstić information content (AvgIpc) is 3.23. The van der Waals surface area contributed by atoms with Crippen LogP contribution in [-0.4, -0.2) is 47.2 Å². The van der Waals surface area contributed by atoms with Gasteiger partial charge in [-0.15, -0.1) is 5.10 Å². The number of thioether (sulfide) groups is 1. The van der Waals surface area contributed by atoms with E-state index in [1.165, 1.54) is 0 Å². The van der Waals surface area contributed by atoms with Gasteiger partial charge < -0.3 is 19.2 Å². The minimum Gasteiger partial charge on any atom is -0.494 e. The third kappa shape index (κ3) is 3.75. The van der Waals surface area contributed by atoms with Crippen molar-refractivity contribution in [3.63, 3.8) is 0 Å². The zero-order valence-electron chi connectivity index (χ0n) is 15.5. The van der Waals surface area contributed by atoms with Crippen LogP contribution in [0.3, 0.4) is 0 Å². The number of hydrogen-bond donors (Lipinski definition) is 2. The molecule has 2 heterocycles. The Labute approximate surface area is 156 Å². The van der Waals surface area contributed by atoms with Crippen LogP contribution in [0.1, 0.15) is 24.4 Å². The van der Waals surface area contributed by atoms with Crippen LogP contribution in [0.25, 0.3) is 10.9 Å². The number of benzene rings is 1. The minimum absolute atomic E-state index is 0.694. The predicted octanol–water partition coefficient (Wildman–Crippen LogP) is 3.74. The molecule has 0 unspecified atom stereocenters. The Morgan fingerprint density at radius 2 is 1.85 bits per heavy atom. The second kappa shape index (κ2) is 8.35. The number of fused-ring (bicyclic) bond motifs is 1. The summed E-state index contributed by atoms with van der Waals surface area (Å²) in [5, 5.41) is 8.73. The van der Waals surface area contributed by atoms with Crippen molar-refractivity contribution in [2.24, 2.45) is 0 Å². The van der Waals surface area contributed by atoms with E-state index >= 15 is 0 Å². The van der Waals surface area contributed by atoms with Gasteiger partial charge in [-0.3, -0.25) is 5.10 Å². The summed E-state index contributed by atoms with van der Waals surface area (Å²) in [5.41, 5.74) is 2.06. The van der Waals surface area contributed by atoms with Gasteiger partial charge in [0, 0.05) is 5.75 Å². The molecule has 1 aromatic carbocycles. The largest absolute Gasteiger partial charge is 0.494 e. The summed E-state index contributed by atoms with van der Waals surface area (Å²) in [5.74, 6) is 4.05. The number of aromatic nitrogens is 4. The molecule has 0 amide bonds. The van der Waals surface area contributed by atoms with E-state index in [-0.39, 0.29) is 0 Å². The van der Waals surface area contributed by atoms with E-state index in [9.17, 15) is 0 Å². The maximum absolute atomic E-state index is 5.67. The summed E-state index contributed by atoms with van der Waals surface area (Å²) < 4.78 is 16.6. The molecule has 0 spiro atoms. The lowest BCUT2D eigenvalue weighted by Gasteiger charge is -2.10. The zero-order chi connectivity index (χ0) is 18.5. The van der Waals surface area contributed by atoms with Crippen molar-refractivity contribution in [2.45, 2.75) is 31.3 Å². The maximum atomic E-state index is 5.67. The Bertz CT molecular complexity index is 875. The second-order valence-electron chi connectivity index (χ2n) is 5.87. The molecule has 0 radical (unpaired) electrons. The van der Waals surface area contributed by atoms with Gasteiger partial charge >= 0.3 is 0 Å². The third-order valence-electron chi connectivity index (χ3n) is 4.17. The van der Waals surface area contributed by atoms with Crippen LogP contribution in [0.2, 0.25) is 0 Å². The normalized spacial score (nSPS) is 11.1. The predicted molar refractivity (Wildman–Crippen MR) is 103 cm³/mol. The number of methoxy groups -OCH3 is 3. The fourth-order valence-electron chi connectivity index (χ4n) is 2.98. The Morgan fingerprint density at radius 1 is 1.04 bits per heavy atom. The van der Waals surface area contributed by atoms with Crippen LogP contribution >= 0.6 is 11.8 Å². The lowest BCUT2D eigenvalue weighted by atomic mass is 10.1. The van der Waals surface area contributed by atoms with Crippen LogP contribution < -0.4 is 14.2 Å².